The number of allylic oxidation sites excluding steroid dienone is 1. The lowest BCUT2D eigenvalue weighted by atomic mass is 10.1. The number of nitrogens with zero attached hydrogens (tertiary/aromatic N) is 2. The van der Waals surface area contributed by atoms with Gasteiger partial charge in [-0.3, -0.25) is 0 Å². The minimum Gasteiger partial charge on any atom is -0.314 e. The molecule has 2 nitrogen and oxygen atoms in total. The number of anilines is 5. The van der Waals surface area contributed by atoms with E-state index in [1.54, 1.807) is 0 Å². The molecule has 0 amide bonds. The van der Waals surface area contributed by atoms with Gasteiger partial charge in [0.2, 0.25) is 0 Å². The Balaban J connectivity index is 1.47. The van der Waals surface area contributed by atoms with Gasteiger partial charge in [-0.05, 0) is 66.2 Å². The Bertz CT molecular complexity index is 1690. The molecule has 0 saturated carbocycles. The van der Waals surface area contributed by atoms with Gasteiger partial charge in [-0.15, -0.1) is 0 Å². The third-order valence-electron chi connectivity index (χ3n) is 6.78. The number of para-hydroxylation sites is 1. The van der Waals surface area contributed by atoms with Crippen molar-refractivity contribution in [1.82, 2.24) is 0 Å². The number of hydrogen-bond acceptors (Lipinski definition) is 2. The second kappa shape index (κ2) is 9.67. The SMILES string of the molecule is C=C(C)N(c1ccc(N(c2ccccc2)c2cccc3ccccc23)cc1)c1cccc2ccccc12. The van der Waals surface area contributed by atoms with E-state index in [0.717, 1.165) is 34.1 Å². The molecule has 0 radical (unpaired) electrons. The highest BCUT2D eigenvalue weighted by atomic mass is 15.2. The fraction of sp³-hybridized carbons (Fsp3) is 0.0286. The van der Waals surface area contributed by atoms with Gasteiger partial charge in [0.1, 0.15) is 0 Å². The van der Waals surface area contributed by atoms with Crippen molar-refractivity contribution < 1.29 is 0 Å². The van der Waals surface area contributed by atoms with Crippen molar-refractivity contribution in [3.63, 3.8) is 0 Å². The van der Waals surface area contributed by atoms with E-state index in [1.165, 1.54) is 21.5 Å². The van der Waals surface area contributed by atoms with Crippen molar-refractivity contribution in [2.45, 2.75) is 6.92 Å². The van der Waals surface area contributed by atoms with Crippen molar-refractivity contribution in [1.29, 1.82) is 0 Å². The maximum atomic E-state index is 4.32. The minimum absolute atomic E-state index is 0.970. The summed E-state index contributed by atoms with van der Waals surface area (Å²) in [4.78, 5) is 4.56. The highest BCUT2D eigenvalue weighted by Gasteiger charge is 2.17. The third kappa shape index (κ3) is 4.23. The maximum absolute atomic E-state index is 4.32. The van der Waals surface area contributed by atoms with Crippen molar-refractivity contribution in [2.24, 2.45) is 0 Å². The van der Waals surface area contributed by atoms with E-state index in [2.05, 4.69) is 163 Å². The topological polar surface area (TPSA) is 6.48 Å². The van der Waals surface area contributed by atoms with Gasteiger partial charge in [0.05, 0.1) is 11.4 Å². The monoisotopic (exact) mass is 476 g/mol. The second-order valence-corrected chi connectivity index (χ2v) is 9.25. The minimum atomic E-state index is 0.970. The first-order chi connectivity index (χ1) is 18.2. The average Bonchev–Trinajstić information content (AvgIpc) is 2.95. The van der Waals surface area contributed by atoms with Gasteiger partial charge >= 0.3 is 0 Å². The molecule has 37 heavy (non-hydrogen) atoms. The number of benzene rings is 6. The molecule has 0 atom stereocenters. The predicted octanol–water partition coefficient (Wildman–Crippen LogP) is 10.1. The molecule has 0 N–H and O–H groups in total. The molecular formula is C35H28N2. The van der Waals surface area contributed by atoms with E-state index in [1.807, 2.05) is 0 Å². The maximum Gasteiger partial charge on any atom is 0.0540 e. The van der Waals surface area contributed by atoms with Gasteiger partial charge < -0.3 is 9.80 Å². The second-order valence-electron chi connectivity index (χ2n) is 9.25. The van der Waals surface area contributed by atoms with Crippen LogP contribution in [-0.4, -0.2) is 0 Å². The molecule has 6 aromatic carbocycles. The van der Waals surface area contributed by atoms with Gasteiger partial charge in [-0.2, -0.15) is 0 Å². The standard InChI is InChI=1S/C35H28N2/c1-26(2)36(34-20-10-14-27-12-6-8-18-32(27)34)30-22-24-31(25-23-30)37(29-16-4-3-5-17-29)35-21-11-15-28-13-7-9-19-33(28)35/h3-25H,1H2,2H3. The van der Waals surface area contributed by atoms with E-state index in [0.29, 0.717) is 0 Å². The molecule has 178 valence electrons. The summed E-state index contributed by atoms with van der Waals surface area (Å²) < 4.78 is 0. The highest BCUT2D eigenvalue weighted by molar-refractivity contribution is 5.99. The molecule has 0 aromatic heterocycles. The van der Waals surface area contributed by atoms with Gasteiger partial charge in [-0.25, -0.2) is 0 Å². The zero-order valence-corrected chi connectivity index (χ0v) is 20.9. The van der Waals surface area contributed by atoms with E-state index in [9.17, 15) is 0 Å². The smallest absolute Gasteiger partial charge is 0.0540 e. The first-order valence-electron chi connectivity index (χ1n) is 12.6. The molecule has 0 unspecified atom stereocenters. The van der Waals surface area contributed by atoms with E-state index < -0.39 is 0 Å². The molecule has 0 heterocycles. The largest absolute Gasteiger partial charge is 0.314 e. The van der Waals surface area contributed by atoms with Crippen molar-refractivity contribution >= 4 is 50.0 Å². The van der Waals surface area contributed by atoms with Crippen LogP contribution in [0.3, 0.4) is 0 Å². The van der Waals surface area contributed by atoms with Crippen LogP contribution in [0.25, 0.3) is 21.5 Å². The zero-order chi connectivity index (χ0) is 25.2. The molecule has 2 heteroatoms. The van der Waals surface area contributed by atoms with Crippen LogP contribution in [0.2, 0.25) is 0 Å². The summed E-state index contributed by atoms with van der Waals surface area (Å²) in [5.41, 5.74) is 6.56. The summed E-state index contributed by atoms with van der Waals surface area (Å²) in [6.07, 6.45) is 0. The van der Waals surface area contributed by atoms with E-state index in [4.69, 9.17) is 0 Å². The van der Waals surface area contributed by atoms with Crippen molar-refractivity contribution in [3.8, 4) is 0 Å². The molecule has 0 aliphatic carbocycles. The first-order valence-corrected chi connectivity index (χ1v) is 12.6. The van der Waals surface area contributed by atoms with Gasteiger partial charge in [0.15, 0.2) is 0 Å². The molecule has 0 aliphatic rings. The van der Waals surface area contributed by atoms with Crippen LogP contribution in [0.4, 0.5) is 28.4 Å². The summed E-state index contributed by atoms with van der Waals surface area (Å²) in [6, 6.07) is 49.3. The number of rotatable bonds is 6. The highest BCUT2D eigenvalue weighted by Crippen LogP contribution is 2.41. The third-order valence-corrected chi connectivity index (χ3v) is 6.78. The molecule has 0 aliphatic heterocycles. The predicted molar refractivity (Wildman–Crippen MR) is 160 cm³/mol. The van der Waals surface area contributed by atoms with Crippen molar-refractivity contribution in [3.05, 3.63) is 152 Å². The fourth-order valence-corrected chi connectivity index (χ4v) is 5.13. The van der Waals surface area contributed by atoms with Crippen LogP contribution in [0.1, 0.15) is 6.92 Å². The van der Waals surface area contributed by atoms with Crippen LogP contribution in [-0.2, 0) is 0 Å². The Morgan fingerprint density at radius 3 is 1.54 bits per heavy atom. The molecule has 6 rings (SSSR count). The lowest BCUT2D eigenvalue weighted by Crippen LogP contribution is -2.14. The lowest BCUT2D eigenvalue weighted by molar-refractivity contribution is 1.17. The van der Waals surface area contributed by atoms with Gasteiger partial charge in [0.25, 0.3) is 0 Å². The van der Waals surface area contributed by atoms with E-state index in [-0.39, 0.29) is 0 Å². The van der Waals surface area contributed by atoms with Gasteiger partial charge in [-0.1, -0.05) is 97.6 Å². The summed E-state index contributed by atoms with van der Waals surface area (Å²) in [5, 5.41) is 4.87. The van der Waals surface area contributed by atoms with Crippen LogP contribution in [0, 0.1) is 0 Å². The Morgan fingerprint density at radius 2 is 0.919 bits per heavy atom. The molecule has 0 bridgehead atoms. The lowest BCUT2D eigenvalue weighted by Gasteiger charge is -2.29. The Hall–Kier alpha value is -4.82. The average molecular weight is 477 g/mol. The fourth-order valence-electron chi connectivity index (χ4n) is 5.13. The molecule has 6 aromatic rings. The Kier molecular flexibility index (Phi) is 5.92. The van der Waals surface area contributed by atoms with Crippen LogP contribution >= 0.6 is 0 Å². The molecule has 0 saturated heterocycles. The summed E-state index contributed by atoms with van der Waals surface area (Å²) >= 11 is 0. The van der Waals surface area contributed by atoms with Crippen LogP contribution < -0.4 is 9.80 Å². The number of fused-ring (bicyclic) bond motifs is 2. The Morgan fingerprint density at radius 1 is 0.459 bits per heavy atom. The normalized spacial score (nSPS) is 10.9. The first kappa shape index (κ1) is 22.6. The number of hydrogen-bond donors (Lipinski definition) is 0. The van der Waals surface area contributed by atoms with Crippen LogP contribution in [0.15, 0.2) is 152 Å². The molecule has 0 spiro atoms. The summed E-state index contributed by atoms with van der Waals surface area (Å²) in [7, 11) is 0. The van der Waals surface area contributed by atoms with E-state index >= 15 is 0 Å². The zero-order valence-electron chi connectivity index (χ0n) is 20.9. The molecule has 0 fully saturated rings. The summed E-state index contributed by atoms with van der Waals surface area (Å²) in [6.45, 7) is 6.38. The van der Waals surface area contributed by atoms with Crippen molar-refractivity contribution in [2.75, 3.05) is 9.80 Å². The van der Waals surface area contributed by atoms with Gasteiger partial charge in [0, 0.05) is 33.5 Å². The van der Waals surface area contributed by atoms with Crippen LogP contribution in [0.5, 0.6) is 0 Å². The summed E-state index contributed by atoms with van der Waals surface area (Å²) in [5.74, 6) is 0. The quantitative estimate of drug-likeness (QED) is 0.236. The molecular weight excluding hydrogens is 448 g/mol. The Labute approximate surface area is 218 Å².